The Morgan fingerprint density at radius 1 is 0.966 bits per heavy atom. The van der Waals surface area contributed by atoms with Gasteiger partial charge in [-0.3, -0.25) is 0 Å². The molecule has 0 N–H and O–H groups in total. The topological polar surface area (TPSA) is 9.23 Å². The van der Waals surface area contributed by atoms with Crippen LogP contribution in [0.5, 0.6) is 5.75 Å². The van der Waals surface area contributed by atoms with Crippen LogP contribution in [0.1, 0.15) is 89.0 Å². The zero-order valence-electron chi connectivity index (χ0n) is 18.1. The van der Waals surface area contributed by atoms with Crippen LogP contribution < -0.4 is 4.74 Å². The minimum absolute atomic E-state index is 0.00157. The Balaban J connectivity index is 1.26. The molecule has 3 unspecified atom stereocenters. The first-order chi connectivity index (χ1) is 14.1. The lowest BCUT2D eigenvalue weighted by molar-refractivity contribution is 0.259. The molecule has 0 amide bonds. The van der Waals surface area contributed by atoms with E-state index in [4.69, 9.17) is 4.74 Å². The molecule has 3 aliphatic carbocycles. The lowest BCUT2D eigenvalue weighted by atomic mass is 9.75. The van der Waals surface area contributed by atoms with Crippen LogP contribution in [-0.2, 0) is 0 Å². The fourth-order valence-electron chi connectivity index (χ4n) is 6.57. The van der Waals surface area contributed by atoms with Crippen molar-refractivity contribution in [2.75, 3.05) is 7.11 Å². The lowest BCUT2D eigenvalue weighted by Crippen LogP contribution is -2.17. The second-order valence-electron chi connectivity index (χ2n) is 9.65. The molecule has 0 bridgehead atoms. The molecule has 3 aliphatic rings. The standard InChI is InChI=1S/C26H36F2O/c1-3-4-18-11-13-22-19(12-14-21(18)22)8-5-17-6-9-20(10-7-17)23-15-16-24(29-2)26(28)25(23)27/h11,15-17,19-22H,3-10,12-14H2,1-2H3. The highest BCUT2D eigenvalue weighted by atomic mass is 19.2. The van der Waals surface area contributed by atoms with Crippen LogP contribution in [0.3, 0.4) is 0 Å². The first-order valence-electron chi connectivity index (χ1n) is 11.8. The molecule has 0 radical (unpaired) electrons. The summed E-state index contributed by atoms with van der Waals surface area (Å²) in [4.78, 5) is 0. The Morgan fingerprint density at radius 3 is 2.48 bits per heavy atom. The first kappa shape index (κ1) is 20.9. The molecule has 0 aromatic heterocycles. The summed E-state index contributed by atoms with van der Waals surface area (Å²) in [5.74, 6) is 2.10. The van der Waals surface area contributed by atoms with E-state index in [1.165, 1.54) is 52.1 Å². The summed E-state index contributed by atoms with van der Waals surface area (Å²) < 4.78 is 33.4. The highest BCUT2D eigenvalue weighted by Crippen LogP contribution is 2.51. The number of rotatable bonds is 7. The number of allylic oxidation sites excluding steroid dienone is 2. The monoisotopic (exact) mass is 402 g/mol. The van der Waals surface area contributed by atoms with Crippen LogP contribution in [0.2, 0.25) is 0 Å². The van der Waals surface area contributed by atoms with E-state index in [1.54, 1.807) is 17.7 Å². The van der Waals surface area contributed by atoms with Crippen LogP contribution in [0.25, 0.3) is 0 Å². The summed E-state index contributed by atoms with van der Waals surface area (Å²) in [5, 5.41) is 0. The van der Waals surface area contributed by atoms with E-state index in [0.29, 0.717) is 5.56 Å². The fourth-order valence-corrected chi connectivity index (χ4v) is 6.57. The van der Waals surface area contributed by atoms with Gasteiger partial charge in [0.05, 0.1) is 7.11 Å². The van der Waals surface area contributed by atoms with E-state index in [-0.39, 0.29) is 11.7 Å². The van der Waals surface area contributed by atoms with Crippen molar-refractivity contribution in [2.24, 2.45) is 23.7 Å². The van der Waals surface area contributed by atoms with Crippen molar-refractivity contribution < 1.29 is 13.5 Å². The van der Waals surface area contributed by atoms with Crippen molar-refractivity contribution in [1.82, 2.24) is 0 Å². The summed E-state index contributed by atoms with van der Waals surface area (Å²) in [7, 11) is 1.38. The van der Waals surface area contributed by atoms with Gasteiger partial charge in [0.2, 0.25) is 5.82 Å². The molecule has 0 spiro atoms. The van der Waals surface area contributed by atoms with E-state index in [0.717, 1.165) is 49.4 Å². The first-order valence-corrected chi connectivity index (χ1v) is 11.8. The average molecular weight is 403 g/mol. The van der Waals surface area contributed by atoms with Crippen molar-refractivity contribution in [2.45, 2.75) is 83.5 Å². The van der Waals surface area contributed by atoms with Gasteiger partial charge in [0.25, 0.3) is 0 Å². The Hall–Kier alpha value is -1.38. The number of methoxy groups -OCH3 is 1. The van der Waals surface area contributed by atoms with Gasteiger partial charge in [-0.05, 0) is 99.0 Å². The van der Waals surface area contributed by atoms with Crippen molar-refractivity contribution in [3.63, 3.8) is 0 Å². The second-order valence-corrected chi connectivity index (χ2v) is 9.65. The van der Waals surface area contributed by atoms with E-state index >= 15 is 0 Å². The van der Waals surface area contributed by atoms with Crippen LogP contribution in [0, 0.1) is 35.3 Å². The molecule has 4 rings (SSSR count). The van der Waals surface area contributed by atoms with Gasteiger partial charge in [-0.2, -0.15) is 4.39 Å². The molecule has 1 aromatic rings. The predicted molar refractivity (Wildman–Crippen MR) is 114 cm³/mol. The quantitative estimate of drug-likeness (QED) is 0.423. The molecule has 0 aliphatic heterocycles. The summed E-state index contributed by atoms with van der Waals surface area (Å²) in [5.41, 5.74) is 2.30. The highest BCUT2D eigenvalue weighted by Gasteiger charge is 2.40. The fraction of sp³-hybridized carbons (Fsp3) is 0.692. The van der Waals surface area contributed by atoms with Gasteiger partial charge < -0.3 is 4.74 Å². The van der Waals surface area contributed by atoms with Gasteiger partial charge in [0.15, 0.2) is 11.6 Å². The van der Waals surface area contributed by atoms with E-state index in [9.17, 15) is 8.78 Å². The molecule has 3 atom stereocenters. The minimum Gasteiger partial charge on any atom is -0.494 e. The number of hydrogen-bond acceptors (Lipinski definition) is 1. The SMILES string of the molecule is CCCC1=CCC2C(CCC3CCC(c4ccc(OC)c(F)c4F)CC3)CCC12. The summed E-state index contributed by atoms with van der Waals surface area (Å²) in [6.07, 6.45) is 16.2. The van der Waals surface area contributed by atoms with Crippen LogP contribution >= 0.6 is 0 Å². The van der Waals surface area contributed by atoms with Gasteiger partial charge >= 0.3 is 0 Å². The molecular weight excluding hydrogens is 366 g/mol. The van der Waals surface area contributed by atoms with E-state index in [1.807, 2.05) is 0 Å². The van der Waals surface area contributed by atoms with Gasteiger partial charge in [0, 0.05) is 0 Å². The van der Waals surface area contributed by atoms with E-state index in [2.05, 4.69) is 13.0 Å². The largest absolute Gasteiger partial charge is 0.494 e. The van der Waals surface area contributed by atoms with Crippen molar-refractivity contribution in [3.8, 4) is 5.75 Å². The van der Waals surface area contributed by atoms with Crippen LogP contribution in [0.4, 0.5) is 8.78 Å². The van der Waals surface area contributed by atoms with Crippen molar-refractivity contribution in [3.05, 3.63) is 41.0 Å². The van der Waals surface area contributed by atoms with Gasteiger partial charge in [-0.25, -0.2) is 4.39 Å². The maximum absolute atomic E-state index is 14.4. The number of ether oxygens (including phenoxy) is 1. The lowest BCUT2D eigenvalue weighted by Gasteiger charge is -2.30. The van der Waals surface area contributed by atoms with Crippen molar-refractivity contribution in [1.29, 1.82) is 0 Å². The third kappa shape index (κ3) is 4.25. The minimum atomic E-state index is -0.837. The summed E-state index contributed by atoms with van der Waals surface area (Å²) in [6.45, 7) is 2.29. The molecule has 0 saturated heterocycles. The smallest absolute Gasteiger partial charge is 0.200 e. The normalized spacial score (nSPS) is 31.6. The Labute approximate surface area is 174 Å². The zero-order chi connectivity index (χ0) is 20.4. The number of hydrogen-bond donors (Lipinski definition) is 0. The van der Waals surface area contributed by atoms with Crippen molar-refractivity contribution >= 4 is 0 Å². The predicted octanol–water partition coefficient (Wildman–Crippen LogP) is 7.80. The Bertz CT molecular complexity index is 732. The molecule has 160 valence electrons. The third-order valence-corrected chi connectivity index (χ3v) is 8.17. The van der Waals surface area contributed by atoms with Gasteiger partial charge in [-0.1, -0.05) is 37.5 Å². The molecule has 1 nitrogen and oxygen atoms in total. The number of halogens is 2. The third-order valence-electron chi connectivity index (χ3n) is 8.17. The van der Waals surface area contributed by atoms with Crippen LogP contribution in [0.15, 0.2) is 23.8 Å². The molecule has 2 fully saturated rings. The molecule has 2 saturated carbocycles. The number of benzene rings is 1. The molecular formula is C26H36F2O. The summed E-state index contributed by atoms with van der Waals surface area (Å²) in [6, 6.07) is 3.29. The van der Waals surface area contributed by atoms with Crippen LogP contribution in [-0.4, -0.2) is 7.11 Å². The molecule has 3 heteroatoms. The molecule has 29 heavy (non-hydrogen) atoms. The summed E-state index contributed by atoms with van der Waals surface area (Å²) >= 11 is 0. The highest BCUT2D eigenvalue weighted by molar-refractivity contribution is 5.33. The maximum Gasteiger partial charge on any atom is 0.200 e. The van der Waals surface area contributed by atoms with Gasteiger partial charge in [0.1, 0.15) is 0 Å². The molecule has 1 aromatic carbocycles. The molecule has 0 heterocycles. The maximum atomic E-state index is 14.4. The Kier molecular flexibility index (Phi) is 6.61. The number of fused-ring (bicyclic) bond motifs is 1. The zero-order valence-corrected chi connectivity index (χ0v) is 18.1. The second kappa shape index (κ2) is 9.18. The van der Waals surface area contributed by atoms with Gasteiger partial charge in [-0.15, -0.1) is 0 Å². The van der Waals surface area contributed by atoms with E-state index < -0.39 is 11.6 Å². The average Bonchev–Trinajstić information content (AvgIpc) is 3.32. The Morgan fingerprint density at radius 2 is 1.76 bits per heavy atom.